The van der Waals surface area contributed by atoms with Gasteiger partial charge in [0, 0.05) is 17.2 Å². The van der Waals surface area contributed by atoms with Crippen LogP contribution in [0.25, 0.3) is 0 Å². The summed E-state index contributed by atoms with van der Waals surface area (Å²) in [6.45, 7) is 2.50. The van der Waals surface area contributed by atoms with Crippen molar-refractivity contribution in [2.24, 2.45) is 0 Å². The largest absolute Gasteiger partial charge is 0.342 e. The zero-order valence-corrected chi connectivity index (χ0v) is 13.5. The van der Waals surface area contributed by atoms with E-state index < -0.39 is 5.82 Å². The number of amides is 1. The molecule has 7 heteroatoms. The zero-order valence-electron chi connectivity index (χ0n) is 10.4. The van der Waals surface area contributed by atoms with Gasteiger partial charge in [0.1, 0.15) is 11.5 Å². The van der Waals surface area contributed by atoms with Gasteiger partial charge in [-0.2, -0.15) is 0 Å². The third-order valence-electron chi connectivity index (χ3n) is 2.68. The number of rotatable bonds is 3. The molecule has 0 bridgehead atoms. The van der Waals surface area contributed by atoms with Gasteiger partial charge in [-0.15, -0.1) is 0 Å². The molecule has 1 aromatic heterocycles. The zero-order chi connectivity index (χ0) is 14.9. The fourth-order valence-corrected chi connectivity index (χ4v) is 2.89. The maximum absolute atomic E-state index is 13.1. The highest BCUT2D eigenvalue weighted by Gasteiger charge is 2.16. The van der Waals surface area contributed by atoms with Crippen LogP contribution in [-0.2, 0) is 6.54 Å². The molecule has 0 atom stereocenters. The SMILES string of the molecule is CCn1cc(Cl)cc1C(=O)Nc1c(Cl)cc(F)cc1Br. The van der Waals surface area contributed by atoms with Crippen LogP contribution in [0, 0.1) is 5.82 Å². The molecule has 3 nitrogen and oxygen atoms in total. The molecule has 0 saturated heterocycles. The molecule has 0 unspecified atom stereocenters. The molecule has 20 heavy (non-hydrogen) atoms. The van der Waals surface area contributed by atoms with Gasteiger partial charge in [-0.05, 0) is 41.1 Å². The molecule has 0 spiro atoms. The van der Waals surface area contributed by atoms with Gasteiger partial charge in [-0.25, -0.2) is 4.39 Å². The lowest BCUT2D eigenvalue weighted by Gasteiger charge is -2.11. The molecule has 2 aromatic rings. The maximum atomic E-state index is 13.1. The second-order valence-electron chi connectivity index (χ2n) is 4.03. The van der Waals surface area contributed by atoms with Gasteiger partial charge >= 0.3 is 0 Å². The van der Waals surface area contributed by atoms with E-state index in [0.717, 1.165) is 6.07 Å². The van der Waals surface area contributed by atoms with Gasteiger partial charge in [0.15, 0.2) is 0 Å². The van der Waals surface area contributed by atoms with Crippen LogP contribution in [0.1, 0.15) is 17.4 Å². The Morgan fingerprint density at radius 1 is 1.40 bits per heavy atom. The molecular weight excluding hydrogens is 370 g/mol. The smallest absolute Gasteiger partial charge is 0.272 e. The van der Waals surface area contributed by atoms with Crippen LogP contribution < -0.4 is 5.32 Å². The Balaban J connectivity index is 2.32. The summed E-state index contributed by atoms with van der Waals surface area (Å²) in [5, 5.41) is 3.24. The minimum atomic E-state index is -0.486. The highest BCUT2D eigenvalue weighted by atomic mass is 79.9. The Bertz CT molecular complexity index is 649. The van der Waals surface area contributed by atoms with Gasteiger partial charge < -0.3 is 9.88 Å². The van der Waals surface area contributed by atoms with E-state index >= 15 is 0 Å². The summed E-state index contributed by atoms with van der Waals surface area (Å²) >= 11 is 15.0. The standard InChI is InChI=1S/C13H10BrCl2FN2O/c1-2-19-6-7(15)3-11(19)13(20)18-12-9(14)4-8(17)5-10(12)16/h3-6H,2H2,1H3,(H,18,20). The quantitative estimate of drug-likeness (QED) is 0.802. The van der Waals surface area contributed by atoms with E-state index in [2.05, 4.69) is 21.2 Å². The van der Waals surface area contributed by atoms with E-state index in [1.54, 1.807) is 16.8 Å². The molecule has 2 rings (SSSR count). The van der Waals surface area contributed by atoms with Gasteiger partial charge in [-0.1, -0.05) is 23.2 Å². The number of aryl methyl sites for hydroxylation is 1. The molecule has 0 aliphatic carbocycles. The van der Waals surface area contributed by atoms with Crippen LogP contribution >= 0.6 is 39.1 Å². The number of benzene rings is 1. The summed E-state index contributed by atoms with van der Waals surface area (Å²) < 4.78 is 15.2. The Labute approximate surface area is 133 Å². The number of halogens is 4. The summed E-state index contributed by atoms with van der Waals surface area (Å²) in [4.78, 5) is 12.2. The normalized spacial score (nSPS) is 10.7. The second-order valence-corrected chi connectivity index (χ2v) is 5.73. The van der Waals surface area contributed by atoms with Crippen molar-refractivity contribution in [1.29, 1.82) is 0 Å². The first-order chi connectivity index (χ1) is 9.42. The first-order valence-electron chi connectivity index (χ1n) is 5.74. The lowest BCUT2D eigenvalue weighted by molar-refractivity contribution is 0.101. The predicted molar refractivity (Wildman–Crippen MR) is 82.2 cm³/mol. The van der Waals surface area contributed by atoms with Gasteiger partial charge in [0.05, 0.1) is 15.7 Å². The Kier molecular flexibility index (Phi) is 4.73. The molecule has 0 aliphatic rings. The number of aromatic nitrogens is 1. The van der Waals surface area contributed by atoms with Gasteiger partial charge in [0.25, 0.3) is 5.91 Å². The van der Waals surface area contributed by atoms with Gasteiger partial charge in [-0.3, -0.25) is 4.79 Å². The minimum absolute atomic E-state index is 0.117. The molecule has 1 aromatic carbocycles. The van der Waals surface area contributed by atoms with Gasteiger partial charge in [0.2, 0.25) is 0 Å². The van der Waals surface area contributed by atoms with Crippen molar-refractivity contribution >= 4 is 50.7 Å². The van der Waals surface area contributed by atoms with Crippen LogP contribution in [0.5, 0.6) is 0 Å². The molecule has 1 heterocycles. The maximum Gasteiger partial charge on any atom is 0.272 e. The van der Waals surface area contributed by atoms with Crippen LogP contribution in [0.2, 0.25) is 10.0 Å². The van der Waals surface area contributed by atoms with E-state index in [0.29, 0.717) is 27.4 Å². The van der Waals surface area contributed by atoms with E-state index in [1.807, 2.05) is 6.92 Å². The molecule has 0 radical (unpaired) electrons. The molecule has 0 saturated carbocycles. The number of hydrogen-bond acceptors (Lipinski definition) is 1. The number of carbonyl (C=O) groups is 1. The first-order valence-corrected chi connectivity index (χ1v) is 7.28. The average molecular weight is 380 g/mol. The molecule has 1 amide bonds. The Morgan fingerprint density at radius 2 is 2.10 bits per heavy atom. The monoisotopic (exact) mass is 378 g/mol. The third-order valence-corrected chi connectivity index (χ3v) is 3.81. The fourth-order valence-electron chi connectivity index (χ4n) is 1.77. The third kappa shape index (κ3) is 3.16. The summed E-state index contributed by atoms with van der Waals surface area (Å²) in [5.74, 6) is -0.854. The lowest BCUT2D eigenvalue weighted by Crippen LogP contribution is -2.17. The number of carbonyl (C=O) groups excluding carboxylic acids is 1. The number of nitrogens with one attached hydrogen (secondary N) is 1. The molecule has 1 N–H and O–H groups in total. The van der Waals surface area contributed by atoms with Crippen molar-refractivity contribution in [3.63, 3.8) is 0 Å². The van der Waals surface area contributed by atoms with Crippen molar-refractivity contribution in [3.05, 3.63) is 50.4 Å². The van der Waals surface area contributed by atoms with E-state index in [9.17, 15) is 9.18 Å². The first kappa shape index (κ1) is 15.4. The Hall–Kier alpha value is -1.04. The van der Waals surface area contributed by atoms with E-state index in [1.165, 1.54) is 6.07 Å². The summed E-state index contributed by atoms with van der Waals surface area (Å²) in [6, 6.07) is 3.92. The molecule has 106 valence electrons. The number of hydrogen-bond donors (Lipinski definition) is 1. The average Bonchev–Trinajstić information content (AvgIpc) is 2.75. The topological polar surface area (TPSA) is 34.0 Å². The molecular formula is C13H10BrCl2FN2O. The minimum Gasteiger partial charge on any atom is -0.342 e. The van der Waals surface area contributed by atoms with Crippen molar-refractivity contribution in [2.75, 3.05) is 5.32 Å². The van der Waals surface area contributed by atoms with E-state index in [-0.39, 0.29) is 10.9 Å². The summed E-state index contributed by atoms with van der Waals surface area (Å²) in [5.41, 5.74) is 0.725. The van der Waals surface area contributed by atoms with Crippen LogP contribution in [0.4, 0.5) is 10.1 Å². The van der Waals surface area contributed by atoms with Crippen molar-refractivity contribution in [3.8, 4) is 0 Å². The highest BCUT2D eigenvalue weighted by molar-refractivity contribution is 9.10. The van der Waals surface area contributed by atoms with Crippen LogP contribution in [0.15, 0.2) is 28.9 Å². The van der Waals surface area contributed by atoms with Crippen LogP contribution in [-0.4, -0.2) is 10.5 Å². The van der Waals surface area contributed by atoms with Crippen LogP contribution in [0.3, 0.4) is 0 Å². The molecule has 0 fully saturated rings. The second kappa shape index (κ2) is 6.16. The number of nitrogens with zero attached hydrogens (tertiary/aromatic N) is 1. The number of anilines is 1. The van der Waals surface area contributed by atoms with Crippen molar-refractivity contribution in [2.45, 2.75) is 13.5 Å². The van der Waals surface area contributed by atoms with Crippen molar-refractivity contribution in [1.82, 2.24) is 4.57 Å². The summed E-state index contributed by atoms with van der Waals surface area (Å²) in [7, 11) is 0. The van der Waals surface area contributed by atoms with Crippen molar-refractivity contribution < 1.29 is 9.18 Å². The highest BCUT2D eigenvalue weighted by Crippen LogP contribution is 2.32. The Morgan fingerprint density at radius 3 is 2.70 bits per heavy atom. The van der Waals surface area contributed by atoms with E-state index in [4.69, 9.17) is 23.2 Å². The summed E-state index contributed by atoms with van der Waals surface area (Å²) in [6.07, 6.45) is 1.66. The molecule has 0 aliphatic heterocycles. The lowest BCUT2D eigenvalue weighted by atomic mass is 10.3. The predicted octanol–water partition coefficient (Wildman–Crippen LogP) is 4.97. The fraction of sp³-hybridized carbons (Fsp3) is 0.154.